The standard InChI is InChI=1S/C24H32ClN3O6S/c1-16(2)26-24(30)17(3)27(14-18-9-7-8-10-20(18)25)23(29)15-28(35(6,31)32)21-12-11-19(33-4)13-22(21)34-5/h7-13,16-17H,14-15H2,1-6H3,(H,26,30). The van der Waals surface area contributed by atoms with Crippen molar-refractivity contribution in [3.63, 3.8) is 0 Å². The molecule has 0 spiro atoms. The number of halogens is 1. The van der Waals surface area contributed by atoms with Crippen LogP contribution in [-0.2, 0) is 26.2 Å². The van der Waals surface area contributed by atoms with Gasteiger partial charge in [0.15, 0.2) is 0 Å². The van der Waals surface area contributed by atoms with Gasteiger partial charge in [0.1, 0.15) is 24.1 Å². The van der Waals surface area contributed by atoms with Gasteiger partial charge in [0.25, 0.3) is 0 Å². The molecule has 35 heavy (non-hydrogen) atoms. The van der Waals surface area contributed by atoms with E-state index in [4.69, 9.17) is 21.1 Å². The molecule has 0 aromatic heterocycles. The molecule has 1 N–H and O–H groups in total. The minimum Gasteiger partial charge on any atom is -0.497 e. The summed E-state index contributed by atoms with van der Waals surface area (Å²) in [5, 5.41) is 3.22. The second kappa shape index (κ2) is 12.1. The largest absolute Gasteiger partial charge is 0.497 e. The Kier molecular flexibility index (Phi) is 9.79. The van der Waals surface area contributed by atoms with Crippen LogP contribution in [0.2, 0.25) is 5.02 Å². The van der Waals surface area contributed by atoms with E-state index < -0.39 is 28.5 Å². The van der Waals surface area contributed by atoms with Crippen molar-refractivity contribution in [2.45, 2.75) is 39.4 Å². The number of nitrogens with one attached hydrogen (secondary N) is 1. The number of amides is 2. The van der Waals surface area contributed by atoms with E-state index >= 15 is 0 Å². The van der Waals surface area contributed by atoms with Crippen LogP contribution in [0.4, 0.5) is 5.69 Å². The second-order valence-corrected chi connectivity index (χ2v) is 10.6. The van der Waals surface area contributed by atoms with Gasteiger partial charge in [-0.3, -0.25) is 13.9 Å². The first-order chi connectivity index (χ1) is 16.4. The number of benzene rings is 2. The van der Waals surface area contributed by atoms with E-state index in [2.05, 4.69) is 5.32 Å². The molecule has 0 aliphatic heterocycles. The van der Waals surface area contributed by atoms with Gasteiger partial charge in [0, 0.05) is 23.7 Å². The summed E-state index contributed by atoms with van der Waals surface area (Å²) in [5.41, 5.74) is 0.792. The highest BCUT2D eigenvalue weighted by Crippen LogP contribution is 2.33. The summed E-state index contributed by atoms with van der Waals surface area (Å²) in [5.74, 6) is -0.275. The number of nitrogens with zero attached hydrogens (tertiary/aromatic N) is 2. The normalized spacial score (nSPS) is 12.1. The van der Waals surface area contributed by atoms with Crippen molar-refractivity contribution >= 4 is 39.1 Å². The van der Waals surface area contributed by atoms with Crippen molar-refractivity contribution in [1.29, 1.82) is 0 Å². The Bertz CT molecular complexity index is 1160. The van der Waals surface area contributed by atoms with Crippen LogP contribution in [0.3, 0.4) is 0 Å². The van der Waals surface area contributed by atoms with Crippen LogP contribution in [0.5, 0.6) is 11.5 Å². The predicted octanol–water partition coefficient (Wildman–Crippen LogP) is 3.07. The summed E-state index contributed by atoms with van der Waals surface area (Å²) < 4.78 is 37.0. The zero-order chi connectivity index (χ0) is 26.3. The Morgan fingerprint density at radius 1 is 1.06 bits per heavy atom. The van der Waals surface area contributed by atoms with Crippen molar-refractivity contribution in [2.24, 2.45) is 0 Å². The van der Waals surface area contributed by atoms with Gasteiger partial charge < -0.3 is 19.7 Å². The summed E-state index contributed by atoms with van der Waals surface area (Å²) in [4.78, 5) is 27.7. The van der Waals surface area contributed by atoms with Gasteiger partial charge in [-0.1, -0.05) is 29.8 Å². The molecule has 0 fully saturated rings. The van der Waals surface area contributed by atoms with Crippen molar-refractivity contribution in [1.82, 2.24) is 10.2 Å². The molecule has 0 aliphatic rings. The van der Waals surface area contributed by atoms with E-state index in [1.54, 1.807) is 37.3 Å². The second-order valence-electron chi connectivity index (χ2n) is 8.26. The van der Waals surface area contributed by atoms with Crippen molar-refractivity contribution in [3.05, 3.63) is 53.1 Å². The molecule has 2 aromatic carbocycles. The van der Waals surface area contributed by atoms with E-state index in [-0.39, 0.29) is 29.9 Å². The third kappa shape index (κ3) is 7.50. The smallest absolute Gasteiger partial charge is 0.244 e. The number of carbonyl (C=O) groups excluding carboxylic acids is 2. The van der Waals surface area contributed by atoms with Gasteiger partial charge in [-0.15, -0.1) is 0 Å². The first kappa shape index (κ1) is 28.3. The lowest BCUT2D eigenvalue weighted by atomic mass is 10.1. The van der Waals surface area contributed by atoms with Crippen molar-refractivity contribution in [3.8, 4) is 11.5 Å². The number of ether oxygens (including phenoxy) is 2. The summed E-state index contributed by atoms with van der Waals surface area (Å²) in [6.45, 7) is 4.68. The summed E-state index contributed by atoms with van der Waals surface area (Å²) in [6.07, 6.45) is 0.997. The zero-order valence-electron chi connectivity index (χ0n) is 20.7. The highest BCUT2D eigenvalue weighted by atomic mass is 35.5. The SMILES string of the molecule is COc1ccc(N(CC(=O)N(Cc2ccccc2Cl)C(C)C(=O)NC(C)C)S(C)(=O)=O)c(OC)c1. The Morgan fingerprint density at radius 3 is 2.26 bits per heavy atom. The van der Waals surface area contributed by atoms with E-state index in [1.165, 1.54) is 31.3 Å². The molecular weight excluding hydrogens is 494 g/mol. The molecule has 1 atom stereocenters. The van der Waals surface area contributed by atoms with Gasteiger partial charge in [0.2, 0.25) is 21.8 Å². The fourth-order valence-electron chi connectivity index (χ4n) is 3.38. The number of methoxy groups -OCH3 is 2. The van der Waals surface area contributed by atoms with E-state index in [0.717, 1.165) is 10.6 Å². The molecule has 0 saturated heterocycles. The maximum absolute atomic E-state index is 13.6. The van der Waals surface area contributed by atoms with Gasteiger partial charge in [-0.25, -0.2) is 8.42 Å². The summed E-state index contributed by atoms with van der Waals surface area (Å²) in [7, 11) is -1.04. The highest BCUT2D eigenvalue weighted by Gasteiger charge is 2.31. The highest BCUT2D eigenvalue weighted by molar-refractivity contribution is 7.92. The van der Waals surface area contributed by atoms with Crippen LogP contribution in [0.25, 0.3) is 0 Å². The van der Waals surface area contributed by atoms with Gasteiger partial charge >= 0.3 is 0 Å². The lowest BCUT2D eigenvalue weighted by Crippen LogP contribution is -2.52. The molecular formula is C24H32ClN3O6S. The van der Waals surface area contributed by atoms with Gasteiger partial charge in [0.05, 0.1) is 26.2 Å². The first-order valence-electron chi connectivity index (χ1n) is 10.9. The molecule has 2 rings (SSSR count). The van der Waals surface area contributed by atoms with Crippen LogP contribution in [0, 0.1) is 0 Å². The van der Waals surface area contributed by atoms with Gasteiger partial charge in [-0.05, 0) is 44.5 Å². The van der Waals surface area contributed by atoms with Crippen molar-refractivity contribution in [2.75, 3.05) is 31.3 Å². The third-order valence-electron chi connectivity index (χ3n) is 5.23. The molecule has 9 nitrogen and oxygen atoms in total. The Balaban J connectivity index is 2.48. The summed E-state index contributed by atoms with van der Waals surface area (Å²) in [6, 6.07) is 10.5. The van der Waals surface area contributed by atoms with E-state index in [1.807, 2.05) is 13.8 Å². The number of hydrogen-bond acceptors (Lipinski definition) is 6. The minimum absolute atomic E-state index is 0.0164. The molecule has 0 heterocycles. The maximum Gasteiger partial charge on any atom is 0.244 e. The maximum atomic E-state index is 13.6. The summed E-state index contributed by atoms with van der Waals surface area (Å²) >= 11 is 6.31. The molecule has 0 saturated carbocycles. The quantitative estimate of drug-likeness (QED) is 0.483. The average molecular weight is 526 g/mol. The first-order valence-corrected chi connectivity index (χ1v) is 13.1. The van der Waals surface area contributed by atoms with Crippen LogP contribution < -0.4 is 19.1 Å². The molecule has 2 aromatic rings. The van der Waals surface area contributed by atoms with Crippen LogP contribution in [-0.4, -0.2) is 64.2 Å². The number of carbonyl (C=O) groups is 2. The molecule has 0 radical (unpaired) electrons. The lowest BCUT2D eigenvalue weighted by molar-refractivity contribution is -0.139. The van der Waals surface area contributed by atoms with Gasteiger partial charge in [-0.2, -0.15) is 0 Å². The Morgan fingerprint density at radius 2 is 1.71 bits per heavy atom. The Hall–Kier alpha value is -2.98. The number of anilines is 1. The van der Waals surface area contributed by atoms with E-state index in [0.29, 0.717) is 16.3 Å². The zero-order valence-corrected chi connectivity index (χ0v) is 22.3. The number of hydrogen-bond donors (Lipinski definition) is 1. The molecule has 0 aliphatic carbocycles. The predicted molar refractivity (Wildman–Crippen MR) is 136 cm³/mol. The van der Waals surface area contributed by atoms with E-state index in [9.17, 15) is 18.0 Å². The Labute approximate surface area is 212 Å². The lowest BCUT2D eigenvalue weighted by Gasteiger charge is -2.32. The average Bonchev–Trinajstić information content (AvgIpc) is 2.79. The van der Waals surface area contributed by atoms with Crippen molar-refractivity contribution < 1.29 is 27.5 Å². The topological polar surface area (TPSA) is 105 Å². The number of rotatable bonds is 11. The fraction of sp³-hybridized carbons (Fsp3) is 0.417. The molecule has 2 amide bonds. The fourth-order valence-corrected chi connectivity index (χ4v) is 4.43. The van der Waals surface area contributed by atoms with Crippen LogP contribution in [0.1, 0.15) is 26.3 Å². The number of sulfonamides is 1. The molecule has 0 bridgehead atoms. The third-order valence-corrected chi connectivity index (χ3v) is 6.73. The molecule has 192 valence electrons. The minimum atomic E-state index is -3.91. The van der Waals surface area contributed by atoms with Crippen LogP contribution >= 0.6 is 11.6 Å². The monoisotopic (exact) mass is 525 g/mol. The van der Waals surface area contributed by atoms with Crippen LogP contribution in [0.15, 0.2) is 42.5 Å². The molecule has 1 unspecified atom stereocenters. The molecule has 11 heteroatoms.